The van der Waals surface area contributed by atoms with Crippen molar-refractivity contribution in [2.24, 2.45) is 0 Å². The Morgan fingerprint density at radius 2 is 1.61 bits per heavy atom. The average molecular weight is 343 g/mol. The summed E-state index contributed by atoms with van der Waals surface area (Å²) in [7, 11) is 0. The second-order valence-corrected chi connectivity index (χ2v) is 4.87. The molecule has 0 fully saturated rings. The van der Waals surface area contributed by atoms with E-state index in [1.54, 1.807) is 12.7 Å². The molecular formula is C19H17FeN3. The van der Waals surface area contributed by atoms with Crippen molar-refractivity contribution in [3.05, 3.63) is 109 Å². The summed E-state index contributed by atoms with van der Waals surface area (Å²) in [5.74, 6) is 0. The van der Waals surface area contributed by atoms with Crippen molar-refractivity contribution in [1.29, 1.82) is 0 Å². The Hall–Kier alpha value is -2.42. The standard InChI is InChI=1S/C14H12N3.C5H5.Fe/c1-2-6-12(7-3-1)14(13-8-4-5-9-13)17-11-15-10-16-17;1-2-4-5-3-1;/h1-11,14H;1-5H;/q2*-1;+2. The van der Waals surface area contributed by atoms with Crippen LogP contribution in [0.2, 0.25) is 0 Å². The van der Waals surface area contributed by atoms with Crippen LogP contribution in [-0.4, -0.2) is 14.8 Å². The monoisotopic (exact) mass is 343 g/mol. The van der Waals surface area contributed by atoms with E-state index in [2.05, 4.69) is 34.3 Å². The van der Waals surface area contributed by atoms with Crippen LogP contribution in [-0.2, 0) is 17.1 Å². The summed E-state index contributed by atoms with van der Waals surface area (Å²) in [5, 5.41) is 4.25. The average Bonchev–Trinajstić information content (AvgIpc) is 3.34. The largest absolute Gasteiger partial charge is 2.00 e. The Balaban J connectivity index is 0.000000276. The molecule has 0 N–H and O–H groups in total. The van der Waals surface area contributed by atoms with E-state index < -0.39 is 0 Å². The van der Waals surface area contributed by atoms with Crippen LogP contribution in [0.5, 0.6) is 0 Å². The van der Waals surface area contributed by atoms with Crippen LogP contribution in [0.3, 0.4) is 0 Å². The van der Waals surface area contributed by atoms with Gasteiger partial charge in [-0.3, -0.25) is 4.68 Å². The van der Waals surface area contributed by atoms with E-state index in [-0.39, 0.29) is 23.1 Å². The van der Waals surface area contributed by atoms with Crippen molar-refractivity contribution in [1.82, 2.24) is 14.8 Å². The molecule has 1 atom stereocenters. The topological polar surface area (TPSA) is 30.7 Å². The maximum Gasteiger partial charge on any atom is 2.00 e. The van der Waals surface area contributed by atoms with E-state index in [1.165, 1.54) is 11.1 Å². The summed E-state index contributed by atoms with van der Waals surface area (Å²) in [6.07, 6.45) is 3.32. The van der Waals surface area contributed by atoms with Gasteiger partial charge in [0.05, 0.1) is 6.04 Å². The molecule has 0 saturated heterocycles. The molecule has 0 bridgehead atoms. The number of hydrogen-bond donors (Lipinski definition) is 0. The minimum atomic E-state index is 0. The van der Waals surface area contributed by atoms with Gasteiger partial charge < -0.3 is 0 Å². The Labute approximate surface area is 146 Å². The Morgan fingerprint density at radius 3 is 2.13 bits per heavy atom. The first-order valence-electron chi connectivity index (χ1n) is 7.22. The Bertz CT molecular complexity index is 678. The zero-order chi connectivity index (χ0) is 15.0. The molecule has 0 spiro atoms. The molecule has 0 aliphatic rings. The molecule has 4 rings (SSSR count). The second-order valence-electron chi connectivity index (χ2n) is 4.87. The summed E-state index contributed by atoms with van der Waals surface area (Å²) in [6.45, 7) is 0. The molecule has 0 saturated carbocycles. The van der Waals surface area contributed by atoms with E-state index >= 15 is 0 Å². The number of aromatic nitrogens is 3. The summed E-state index contributed by atoms with van der Waals surface area (Å²) in [5.41, 5.74) is 2.44. The van der Waals surface area contributed by atoms with Gasteiger partial charge in [0.15, 0.2) is 0 Å². The van der Waals surface area contributed by atoms with Gasteiger partial charge in [0.25, 0.3) is 0 Å². The smallest absolute Gasteiger partial charge is 0.253 e. The van der Waals surface area contributed by atoms with Gasteiger partial charge in [-0.15, -0.1) is 5.56 Å². The van der Waals surface area contributed by atoms with E-state index in [4.69, 9.17) is 0 Å². The van der Waals surface area contributed by atoms with Crippen molar-refractivity contribution < 1.29 is 17.1 Å². The molecule has 4 heteroatoms. The van der Waals surface area contributed by atoms with Crippen LogP contribution in [0, 0.1) is 0 Å². The fraction of sp³-hybridized carbons (Fsp3) is 0.0526. The zero-order valence-corrected chi connectivity index (χ0v) is 13.6. The first-order valence-corrected chi connectivity index (χ1v) is 7.22. The first-order chi connectivity index (χ1) is 10.9. The van der Waals surface area contributed by atoms with Gasteiger partial charge in [-0.25, -0.2) is 29.2 Å². The molecule has 116 valence electrons. The first kappa shape index (κ1) is 16.9. The van der Waals surface area contributed by atoms with Crippen LogP contribution in [0.4, 0.5) is 0 Å². The molecule has 1 unspecified atom stereocenters. The van der Waals surface area contributed by atoms with E-state index in [9.17, 15) is 0 Å². The van der Waals surface area contributed by atoms with Gasteiger partial charge in [-0.1, -0.05) is 30.3 Å². The van der Waals surface area contributed by atoms with Crippen molar-refractivity contribution in [2.45, 2.75) is 6.04 Å². The van der Waals surface area contributed by atoms with Crippen LogP contribution in [0.25, 0.3) is 0 Å². The van der Waals surface area contributed by atoms with Crippen LogP contribution in [0.15, 0.2) is 97.6 Å². The van der Waals surface area contributed by atoms with Gasteiger partial charge in [0.1, 0.15) is 12.7 Å². The third-order valence-electron chi connectivity index (χ3n) is 3.38. The SMILES string of the molecule is [Fe+2].c1cc[cH-]c1.c1ccc(C([c-]2cccc2)n2cncn2)cc1. The van der Waals surface area contributed by atoms with Gasteiger partial charge in [0.2, 0.25) is 0 Å². The molecule has 0 radical (unpaired) electrons. The third kappa shape index (κ3) is 4.52. The maximum atomic E-state index is 4.25. The fourth-order valence-corrected chi connectivity index (χ4v) is 2.38. The molecule has 23 heavy (non-hydrogen) atoms. The zero-order valence-electron chi connectivity index (χ0n) is 12.5. The van der Waals surface area contributed by atoms with Crippen molar-refractivity contribution in [2.75, 3.05) is 0 Å². The van der Waals surface area contributed by atoms with Crippen molar-refractivity contribution in [3.63, 3.8) is 0 Å². The van der Waals surface area contributed by atoms with Crippen molar-refractivity contribution in [3.8, 4) is 0 Å². The minimum Gasteiger partial charge on any atom is -0.253 e. The molecule has 1 aromatic heterocycles. The molecule has 4 aromatic rings. The second kappa shape index (κ2) is 8.89. The Morgan fingerprint density at radius 1 is 0.913 bits per heavy atom. The molecule has 3 aromatic carbocycles. The van der Waals surface area contributed by atoms with Gasteiger partial charge in [-0.05, 0) is 5.56 Å². The number of nitrogens with zero attached hydrogens (tertiary/aromatic N) is 3. The van der Waals surface area contributed by atoms with E-state index in [0.717, 1.165) is 0 Å². The quantitative estimate of drug-likeness (QED) is 0.415. The van der Waals surface area contributed by atoms with E-state index in [0.29, 0.717) is 0 Å². The minimum absolute atomic E-state index is 0. The van der Waals surface area contributed by atoms with Crippen LogP contribution in [0.1, 0.15) is 17.2 Å². The maximum absolute atomic E-state index is 4.25. The fourth-order valence-electron chi connectivity index (χ4n) is 2.38. The summed E-state index contributed by atoms with van der Waals surface area (Å²) in [6, 6.07) is 28.7. The van der Waals surface area contributed by atoms with Gasteiger partial charge >= 0.3 is 17.1 Å². The molecular weight excluding hydrogens is 326 g/mol. The number of benzene rings is 1. The van der Waals surface area contributed by atoms with E-state index in [1.807, 2.05) is 65.3 Å². The Kier molecular flexibility index (Phi) is 6.55. The molecule has 3 nitrogen and oxygen atoms in total. The van der Waals surface area contributed by atoms with Crippen LogP contribution < -0.4 is 0 Å². The molecule has 0 aliphatic carbocycles. The number of hydrogen-bond acceptors (Lipinski definition) is 2. The van der Waals surface area contributed by atoms with Crippen molar-refractivity contribution >= 4 is 0 Å². The molecule has 0 aliphatic heterocycles. The normalized spacial score (nSPS) is 11.0. The molecule has 1 heterocycles. The summed E-state index contributed by atoms with van der Waals surface area (Å²) >= 11 is 0. The summed E-state index contributed by atoms with van der Waals surface area (Å²) < 4.78 is 1.88. The third-order valence-corrected chi connectivity index (χ3v) is 3.38. The van der Waals surface area contributed by atoms with Crippen LogP contribution >= 0.6 is 0 Å². The molecule has 0 amide bonds. The summed E-state index contributed by atoms with van der Waals surface area (Å²) in [4.78, 5) is 4.03. The van der Waals surface area contributed by atoms with Gasteiger partial charge in [-0.2, -0.15) is 35.4 Å². The number of rotatable bonds is 3. The predicted molar refractivity (Wildman–Crippen MR) is 87.8 cm³/mol. The van der Waals surface area contributed by atoms with Gasteiger partial charge in [0, 0.05) is 0 Å². The predicted octanol–water partition coefficient (Wildman–Crippen LogP) is 4.04.